The SMILES string of the molecule is C=C1/C(C(F)F)=N\N(CC(=O)N[C@@H](Cc2cc(F)cc(F)c2)c2ncccc2-c2ccc(S(=O)(=O)N(C)C)cc2)CC(F)(F)C2CC12. The molecule has 2 unspecified atom stereocenters. The fraction of sp³-hybridized carbons (Fsp3) is 0.344. The molecular weight excluding hydrogens is 648 g/mol. The maximum atomic E-state index is 15.0. The van der Waals surface area contributed by atoms with Gasteiger partial charge in [0.2, 0.25) is 15.9 Å². The van der Waals surface area contributed by atoms with Gasteiger partial charge in [-0.3, -0.25) is 14.8 Å². The van der Waals surface area contributed by atoms with Crippen LogP contribution < -0.4 is 5.32 Å². The Morgan fingerprint density at radius 2 is 1.77 bits per heavy atom. The van der Waals surface area contributed by atoms with Gasteiger partial charge in [0, 0.05) is 37.8 Å². The lowest BCUT2D eigenvalue weighted by atomic mass is 9.95. The Hall–Kier alpha value is -4.24. The second kappa shape index (κ2) is 13.1. The third-order valence-electron chi connectivity index (χ3n) is 8.09. The summed E-state index contributed by atoms with van der Waals surface area (Å²) < 4.78 is 112. The second-order valence-electron chi connectivity index (χ2n) is 11.7. The van der Waals surface area contributed by atoms with E-state index in [1.54, 1.807) is 12.1 Å². The molecule has 1 saturated carbocycles. The lowest BCUT2D eigenvalue weighted by Crippen LogP contribution is -2.44. The molecule has 47 heavy (non-hydrogen) atoms. The monoisotopic (exact) mass is 679 g/mol. The van der Waals surface area contributed by atoms with Crippen LogP contribution in [0.15, 0.2) is 82.9 Å². The number of amides is 1. The van der Waals surface area contributed by atoms with Gasteiger partial charge >= 0.3 is 0 Å². The van der Waals surface area contributed by atoms with E-state index in [0.29, 0.717) is 22.2 Å². The van der Waals surface area contributed by atoms with Gasteiger partial charge in [-0.2, -0.15) is 5.10 Å². The largest absolute Gasteiger partial charge is 0.346 e. The number of hydrazone groups is 1. The maximum absolute atomic E-state index is 15.0. The molecule has 1 amide bonds. The van der Waals surface area contributed by atoms with Crippen molar-refractivity contribution in [1.82, 2.24) is 19.6 Å². The Morgan fingerprint density at radius 1 is 1.11 bits per heavy atom. The minimum Gasteiger partial charge on any atom is -0.346 e. The molecule has 2 aliphatic rings. The molecule has 1 aliphatic heterocycles. The van der Waals surface area contributed by atoms with Crippen molar-refractivity contribution in [1.29, 1.82) is 0 Å². The number of sulfonamides is 1. The smallest absolute Gasteiger partial charge is 0.282 e. The quantitative estimate of drug-likeness (QED) is 0.288. The highest BCUT2D eigenvalue weighted by Crippen LogP contribution is 2.54. The number of aromatic nitrogens is 1. The molecule has 1 fully saturated rings. The van der Waals surface area contributed by atoms with E-state index in [9.17, 15) is 39.6 Å². The fourth-order valence-corrected chi connectivity index (χ4v) is 6.57. The summed E-state index contributed by atoms with van der Waals surface area (Å²) in [5.74, 6) is -7.99. The molecule has 2 heterocycles. The first-order valence-electron chi connectivity index (χ1n) is 14.5. The summed E-state index contributed by atoms with van der Waals surface area (Å²) in [6.07, 6.45) is -1.93. The molecule has 8 nitrogen and oxygen atoms in total. The molecule has 5 rings (SSSR count). The molecular formula is C32H31F6N5O3S. The Kier molecular flexibility index (Phi) is 9.51. The molecule has 250 valence electrons. The standard InChI is InChI=1S/C32H31F6N5O3S/c1-18-25-15-26(25)32(37,38)17-43(41-29(18)31(35)36)16-28(44)40-27(13-19-11-21(33)14-22(34)12-19)30-24(5-4-10-39-30)20-6-8-23(9-7-20)47(45,46)42(2)3/h4-12,14,25-27,31H,1,13,15-17H2,2-3H3,(H,40,44)/b41-29+/t25?,26?,27-/m0/s1. The molecule has 0 saturated heterocycles. The number of halogens is 6. The van der Waals surface area contributed by atoms with Crippen LogP contribution in [-0.2, 0) is 21.2 Å². The van der Waals surface area contributed by atoms with Crippen LogP contribution in [-0.4, -0.2) is 73.9 Å². The van der Waals surface area contributed by atoms with Gasteiger partial charge in [-0.1, -0.05) is 24.8 Å². The summed E-state index contributed by atoms with van der Waals surface area (Å²) >= 11 is 0. The van der Waals surface area contributed by atoms with Crippen LogP contribution in [0.25, 0.3) is 11.1 Å². The number of allylic oxidation sites excluding steroid dienone is 1. The van der Waals surface area contributed by atoms with Gasteiger partial charge in [0.15, 0.2) is 0 Å². The van der Waals surface area contributed by atoms with E-state index in [-0.39, 0.29) is 34.6 Å². The first kappa shape index (κ1) is 34.1. The van der Waals surface area contributed by atoms with E-state index in [4.69, 9.17) is 0 Å². The van der Waals surface area contributed by atoms with E-state index in [2.05, 4.69) is 22.0 Å². The van der Waals surface area contributed by atoms with Gasteiger partial charge < -0.3 is 5.32 Å². The Morgan fingerprint density at radius 3 is 2.38 bits per heavy atom. The number of rotatable bonds is 10. The zero-order chi connectivity index (χ0) is 34.3. The molecule has 2 aromatic carbocycles. The highest BCUT2D eigenvalue weighted by atomic mass is 32.2. The van der Waals surface area contributed by atoms with Crippen molar-refractivity contribution < 1.29 is 39.6 Å². The number of nitrogens with zero attached hydrogens (tertiary/aromatic N) is 4. The average Bonchev–Trinajstić information content (AvgIpc) is 3.80. The van der Waals surface area contributed by atoms with E-state index in [1.165, 1.54) is 44.6 Å². The minimum atomic E-state index is -3.74. The second-order valence-corrected chi connectivity index (χ2v) is 13.8. The van der Waals surface area contributed by atoms with Crippen LogP contribution >= 0.6 is 0 Å². The van der Waals surface area contributed by atoms with Crippen LogP contribution in [0.2, 0.25) is 0 Å². The molecule has 1 N–H and O–H groups in total. The Bertz CT molecular complexity index is 1800. The van der Waals surface area contributed by atoms with Crippen molar-refractivity contribution in [3.8, 4) is 11.1 Å². The van der Waals surface area contributed by atoms with E-state index >= 15 is 0 Å². The number of hydrogen-bond acceptors (Lipinski definition) is 6. The van der Waals surface area contributed by atoms with Crippen molar-refractivity contribution >= 4 is 21.6 Å². The van der Waals surface area contributed by atoms with Crippen molar-refractivity contribution in [3.63, 3.8) is 0 Å². The van der Waals surface area contributed by atoms with Crippen molar-refractivity contribution in [3.05, 3.63) is 95.8 Å². The zero-order valence-electron chi connectivity index (χ0n) is 25.3. The predicted molar refractivity (Wildman–Crippen MR) is 162 cm³/mol. The van der Waals surface area contributed by atoms with Gasteiger partial charge in [-0.15, -0.1) is 0 Å². The zero-order valence-corrected chi connectivity index (χ0v) is 26.1. The minimum absolute atomic E-state index is 0.0192. The molecule has 0 spiro atoms. The van der Waals surface area contributed by atoms with E-state index in [1.807, 2.05) is 0 Å². The molecule has 1 aliphatic carbocycles. The van der Waals surface area contributed by atoms with Crippen LogP contribution in [0.4, 0.5) is 26.3 Å². The van der Waals surface area contributed by atoms with Crippen molar-refractivity contribution in [2.24, 2.45) is 16.9 Å². The third-order valence-corrected chi connectivity index (χ3v) is 9.92. The lowest BCUT2D eigenvalue weighted by Gasteiger charge is -2.29. The normalized spacial score (nSPS) is 21.0. The van der Waals surface area contributed by atoms with Gasteiger partial charge in [0.25, 0.3) is 12.3 Å². The highest BCUT2D eigenvalue weighted by Gasteiger charge is 2.58. The summed E-state index contributed by atoms with van der Waals surface area (Å²) in [6.45, 7) is 1.63. The Labute approximate surface area is 267 Å². The van der Waals surface area contributed by atoms with Crippen LogP contribution in [0.1, 0.15) is 23.7 Å². The number of nitrogens with one attached hydrogen (secondary N) is 1. The number of benzene rings is 2. The van der Waals surface area contributed by atoms with Gasteiger partial charge in [0.1, 0.15) is 30.4 Å². The van der Waals surface area contributed by atoms with E-state index in [0.717, 1.165) is 16.4 Å². The van der Waals surface area contributed by atoms with Crippen molar-refractivity contribution in [2.45, 2.75) is 36.1 Å². The maximum Gasteiger partial charge on any atom is 0.282 e. The summed E-state index contributed by atoms with van der Waals surface area (Å²) in [6, 6.07) is 10.7. The number of pyridine rings is 1. The first-order chi connectivity index (χ1) is 22.1. The average molecular weight is 680 g/mol. The summed E-state index contributed by atoms with van der Waals surface area (Å²) in [5.41, 5.74) is 0.293. The molecule has 15 heteroatoms. The third kappa shape index (κ3) is 7.51. The molecule has 0 bridgehead atoms. The van der Waals surface area contributed by atoms with Crippen LogP contribution in [0, 0.1) is 23.5 Å². The highest BCUT2D eigenvalue weighted by molar-refractivity contribution is 7.89. The number of fused-ring (bicyclic) bond motifs is 1. The molecule has 0 radical (unpaired) electrons. The summed E-state index contributed by atoms with van der Waals surface area (Å²) in [5, 5.41) is 6.95. The number of alkyl halides is 4. The molecule has 1 aromatic heterocycles. The number of carbonyl (C=O) groups excluding carboxylic acids is 1. The number of hydrogen-bond donors (Lipinski definition) is 1. The summed E-state index contributed by atoms with van der Waals surface area (Å²) in [7, 11) is -0.966. The number of carbonyl (C=O) groups is 1. The lowest BCUT2D eigenvalue weighted by molar-refractivity contribution is -0.125. The first-order valence-corrected chi connectivity index (χ1v) is 15.9. The fourth-order valence-electron chi connectivity index (χ4n) is 5.67. The molecule has 3 atom stereocenters. The molecule has 3 aromatic rings. The predicted octanol–water partition coefficient (Wildman–Crippen LogP) is 5.44. The van der Waals surface area contributed by atoms with Crippen molar-refractivity contribution in [2.75, 3.05) is 27.2 Å². The van der Waals surface area contributed by atoms with E-state index < -0.39 is 76.6 Å². The summed E-state index contributed by atoms with van der Waals surface area (Å²) in [4.78, 5) is 17.8. The van der Waals surface area contributed by atoms with Crippen LogP contribution in [0.3, 0.4) is 0 Å². The topological polar surface area (TPSA) is 95.0 Å². The van der Waals surface area contributed by atoms with Gasteiger partial charge in [-0.25, -0.2) is 39.1 Å². The van der Waals surface area contributed by atoms with Gasteiger partial charge in [-0.05, 0) is 65.8 Å². The van der Waals surface area contributed by atoms with Crippen LogP contribution in [0.5, 0.6) is 0 Å². The van der Waals surface area contributed by atoms with Gasteiger partial charge in [0.05, 0.1) is 16.6 Å². The Balaban J connectivity index is 1.48.